The number of benzene rings is 1. The summed E-state index contributed by atoms with van der Waals surface area (Å²) in [4.78, 5) is 2.04. The zero-order valence-corrected chi connectivity index (χ0v) is 31.4. The minimum atomic E-state index is -4.31. The standard InChI is InChI=1S/C43H78F3N/c1-3-5-7-9-11-13-15-17-19-21-23-25-27-29-31-35-39-47(42-38-34-33-37-41(42)43(44,45)46)40-36-32-30-28-26-24-22-20-18-16-14-12-10-8-6-4-2/h33-34,37-38H,3-32,35-36,39-40H2,1-2H3. The second-order valence-corrected chi connectivity index (χ2v) is 14.6. The SMILES string of the molecule is CCCCCCCCCCCCCCCCCCN(CCCCCCCCCCCCCCCCCC)c1ccccc1C(F)(F)F. The number of nitrogens with zero attached hydrogens (tertiary/aromatic N) is 1. The van der Waals surface area contributed by atoms with Gasteiger partial charge < -0.3 is 4.90 Å². The monoisotopic (exact) mass is 666 g/mol. The van der Waals surface area contributed by atoms with Crippen molar-refractivity contribution in [1.82, 2.24) is 0 Å². The first-order chi connectivity index (χ1) is 23.0. The van der Waals surface area contributed by atoms with Gasteiger partial charge in [-0.3, -0.25) is 0 Å². The fourth-order valence-electron chi connectivity index (χ4n) is 7.04. The van der Waals surface area contributed by atoms with Gasteiger partial charge in [-0.15, -0.1) is 0 Å². The summed E-state index contributed by atoms with van der Waals surface area (Å²) >= 11 is 0. The number of para-hydroxylation sites is 1. The second kappa shape index (κ2) is 32.0. The van der Waals surface area contributed by atoms with Gasteiger partial charge in [-0.05, 0) is 25.0 Å². The van der Waals surface area contributed by atoms with Crippen LogP contribution < -0.4 is 4.90 Å². The Balaban J connectivity index is 2.19. The quantitative estimate of drug-likeness (QED) is 0.0652. The molecule has 0 aliphatic heterocycles. The van der Waals surface area contributed by atoms with Gasteiger partial charge in [0.1, 0.15) is 0 Å². The molecule has 0 saturated carbocycles. The zero-order valence-electron chi connectivity index (χ0n) is 31.4. The zero-order chi connectivity index (χ0) is 34.1. The fraction of sp³-hybridized carbons (Fsp3) is 0.860. The Morgan fingerprint density at radius 2 is 0.638 bits per heavy atom. The third-order valence-corrected chi connectivity index (χ3v) is 10.1. The lowest BCUT2D eigenvalue weighted by molar-refractivity contribution is -0.137. The highest BCUT2D eigenvalue weighted by molar-refractivity contribution is 5.55. The summed E-state index contributed by atoms with van der Waals surface area (Å²) in [5, 5.41) is 0. The number of hydrogen-bond acceptors (Lipinski definition) is 1. The fourth-order valence-corrected chi connectivity index (χ4v) is 7.04. The smallest absolute Gasteiger partial charge is 0.371 e. The van der Waals surface area contributed by atoms with E-state index in [0.29, 0.717) is 5.69 Å². The lowest BCUT2D eigenvalue weighted by Gasteiger charge is -2.28. The molecule has 1 aromatic rings. The van der Waals surface area contributed by atoms with E-state index in [0.717, 1.165) is 38.8 Å². The van der Waals surface area contributed by atoms with Crippen molar-refractivity contribution in [2.75, 3.05) is 18.0 Å². The molecule has 0 spiro atoms. The predicted octanol–water partition coefficient (Wildman–Crippen LogP) is 16.0. The molecule has 0 aromatic heterocycles. The molecule has 0 aliphatic carbocycles. The highest BCUT2D eigenvalue weighted by Crippen LogP contribution is 2.36. The van der Waals surface area contributed by atoms with Gasteiger partial charge in [-0.2, -0.15) is 13.2 Å². The number of rotatable bonds is 35. The van der Waals surface area contributed by atoms with Crippen LogP contribution in [0.2, 0.25) is 0 Å². The van der Waals surface area contributed by atoms with Gasteiger partial charge in [-0.1, -0.05) is 219 Å². The Labute approximate surface area is 291 Å². The van der Waals surface area contributed by atoms with E-state index in [1.807, 2.05) is 4.90 Å². The summed E-state index contributed by atoms with van der Waals surface area (Å²) in [6.07, 6.45) is 37.9. The maximum Gasteiger partial charge on any atom is 0.418 e. The predicted molar refractivity (Wildman–Crippen MR) is 203 cm³/mol. The van der Waals surface area contributed by atoms with Crippen LogP contribution in [0.15, 0.2) is 24.3 Å². The van der Waals surface area contributed by atoms with Crippen LogP contribution in [-0.2, 0) is 6.18 Å². The molecular formula is C43H78F3N. The molecule has 1 rings (SSSR count). The molecule has 0 N–H and O–H groups in total. The molecule has 0 fully saturated rings. The Morgan fingerprint density at radius 3 is 0.915 bits per heavy atom. The van der Waals surface area contributed by atoms with Crippen LogP contribution in [0.4, 0.5) is 18.9 Å². The van der Waals surface area contributed by atoms with E-state index >= 15 is 0 Å². The van der Waals surface area contributed by atoms with E-state index in [2.05, 4.69) is 13.8 Å². The maximum absolute atomic E-state index is 13.9. The van der Waals surface area contributed by atoms with Crippen LogP contribution in [-0.4, -0.2) is 13.1 Å². The summed E-state index contributed by atoms with van der Waals surface area (Å²) < 4.78 is 41.6. The lowest BCUT2D eigenvalue weighted by Crippen LogP contribution is -2.28. The number of anilines is 1. The molecule has 4 heteroatoms. The van der Waals surface area contributed by atoms with Crippen LogP contribution in [0.1, 0.15) is 225 Å². The van der Waals surface area contributed by atoms with E-state index in [9.17, 15) is 13.2 Å². The highest BCUT2D eigenvalue weighted by Gasteiger charge is 2.34. The first-order valence-electron chi connectivity index (χ1n) is 20.9. The molecule has 0 aliphatic rings. The molecule has 47 heavy (non-hydrogen) atoms. The average molecular weight is 666 g/mol. The van der Waals surface area contributed by atoms with E-state index in [-0.39, 0.29) is 0 Å². The number of unbranched alkanes of at least 4 members (excludes halogenated alkanes) is 30. The maximum atomic E-state index is 13.9. The molecule has 1 aromatic carbocycles. The molecule has 0 bridgehead atoms. The third-order valence-electron chi connectivity index (χ3n) is 10.1. The number of halogens is 3. The summed E-state index contributed by atoms with van der Waals surface area (Å²) in [6.45, 7) is 6.01. The van der Waals surface area contributed by atoms with E-state index < -0.39 is 11.7 Å². The van der Waals surface area contributed by atoms with Crippen LogP contribution in [0.25, 0.3) is 0 Å². The molecule has 0 atom stereocenters. The van der Waals surface area contributed by atoms with E-state index in [1.165, 1.54) is 192 Å². The van der Waals surface area contributed by atoms with Crippen LogP contribution in [0.5, 0.6) is 0 Å². The summed E-state index contributed by atoms with van der Waals surface area (Å²) in [5.74, 6) is 0. The van der Waals surface area contributed by atoms with E-state index in [4.69, 9.17) is 0 Å². The van der Waals surface area contributed by atoms with Crippen molar-refractivity contribution in [2.45, 2.75) is 225 Å². The Kier molecular flexibility index (Phi) is 29.9. The molecule has 1 nitrogen and oxygen atoms in total. The average Bonchev–Trinajstić information content (AvgIpc) is 3.06. The molecule has 0 radical (unpaired) electrons. The largest absolute Gasteiger partial charge is 0.418 e. The van der Waals surface area contributed by atoms with Crippen molar-refractivity contribution < 1.29 is 13.2 Å². The molecule has 0 heterocycles. The molecule has 276 valence electrons. The van der Waals surface area contributed by atoms with Crippen LogP contribution >= 0.6 is 0 Å². The van der Waals surface area contributed by atoms with Crippen molar-refractivity contribution >= 4 is 5.69 Å². The number of hydrogen-bond donors (Lipinski definition) is 0. The second-order valence-electron chi connectivity index (χ2n) is 14.6. The van der Waals surface area contributed by atoms with Crippen molar-refractivity contribution in [3.63, 3.8) is 0 Å². The van der Waals surface area contributed by atoms with Crippen molar-refractivity contribution in [3.8, 4) is 0 Å². The van der Waals surface area contributed by atoms with Gasteiger partial charge in [0.15, 0.2) is 0 Å². The lowest BCUT2D eigenvalue weighted by atomic mass is 10.0. The van der Waals surface area contributed by atoms with Gasteiger partial charge in [-0.25, -0.2) is 0 Å². The Bertz CT molecular complexity index is 741. The van der Waals surface area contributed by atoms with Gasteiger partial charge in [0.25, 0.3) is 0 Å². The first kappa shape index (κ1) is 43.8. The van der Waals surface area contributed by atoms with E-state index in [1.54, 1.807) is 12.1 Å². The van der Waals surface area contributed by atoms with Crippen molar-refractivity contribution in [3.05, 3.63) is 29.8 Å². The minimum absolute atomic E-state index is 0.377. The van der Waals surface area contributed by atoms with Gasteiger partial charge in [0, 0.05) is 18.8 Å². The summed E-state index contributed by atoms with van der Waals surface area (Å²) in [7, 11) is 0. The van der Waals surface area contributed by atoms with Gasteiger partial charge in [0.05, 0.1) is 5.56 Å². The molecule has 0 amide bonds. The normalized spacial score (nSPS) is 11.9. The van der Waals surface area contributed by atoms with Crippen molar-refractivity contribution in [1.29, 1.82) is 0 Å². The summed E-state index contributed by atoms with van der Waals surface area (Å²) in [5.41, 5.74) is -0.102. The molecule has 0 saturated heterocycles. The topological polar surface area (TPSA) is 3.24 Å². The third kappa shape index (κ3) is 26.4. The molecule has 0 unspecified atom stereocenters. The van der Waals surface area contributed by atoms with Gasteiger partial charge in [0.2, 0.25) is 0 Å². The Morgan fingerprint density at radius 1 is 0.383 bits per heavy atom. The summed E-state index contributed by atoms with van der Waals surface area (Å²) in [6, 6.07) is 6.22. The number of alkyl halides is 3. The first-order valence-corrected chi connectivity index (χ1v) is 20.9. The molecular weight excluding hydrogens is 587 g/mol. The van der Waals surface area contributed by atoms with Gasteiger partial charge >= 0.3 is 6.18 Å². The van der Waals surface area contributed by atoms with Crippen LogP contribution in [0, 0.1) is 0 Å². The Hall–Kier alpha value is -1.19. The highest BCUT2D eigenvalue weighted by atomic mass is 19.4. The van der Waals surface area contributed by atoms with Crippen molar-refractivity contribution in [2.24, 2.45) is 0 Å². The van der Waals surface area contributed by atoms with Crippen LogP contribution in [0.3, 0.4) is 0 Å². The minimum Gasteiger partial charge on any atom is -0.371 e.